The van der Waals surface area contributed by atoms with Crippen LogP contribution in [0, 0.1) is 0 Å². The third-order valence-electron chi connectivity index (χ3n) is 4.31. The average molecular weight is 422 g/mol. The number of nitrogens with zero attached hydrogens (tertiary/aromatic N) is 4. The number of nitrogen functional groups attached to an aromatic ring is 1. The molecule has 0 fully saturated rings. The Morgan fingerprint density at radius 1 is 1.27 bits per heavy atom. The predicted octanol–water partition coefficient (Wildman–Crippen LogP) is -0.769. The molecule has 2 rings (SSSR count). The van der Waals surface area contributed by atoms with Gasteiger partial charge in [0.15, 0.2) is 24.4 Å². The molecular formula is C17H28N9O4+. The number of H-pyrrole nitrogens is 1. The molecule has 164 valence electrons. The van der Waals surface area contributed by atoms with E-state index in [1.807, 2.05) is 4.57 Å². The van der Waals surface area contributed by atoms with Crippen LogP contribution in [-0.2, 0) is 16.1 Å². The van der Waals surface area contributed by atoms with Gasteiger partial charge in [-0.15, -0.1) is 0 Å². The van der Waals surface area contributed by atoms with E-state index in [0.717, 1.165) is 25.0 Å². The number of nitrogens with one attached hydrogen (secondary N) is 2. The SMILES string of the molecule is NC(N)=NCCC[C@@H](NC(=O)OCCCCC[n+]1c[nH]c2c(N)ncnc21)C(=O)O. The van der Waals surface area contributed by atoms with Gasteiger partial charge in [-0.25, -0.2) is 14.2 Å². The number of carboxylic acid groups (broad SMARTS) is 1. The first-order chi connectivity index (χ1) is 14.4. The van der Waals surface area contributed by atoms with Crippen LogP contribution in [0.4, 0.5) is 10.6 Å². The number of anilines is 1. The molecule has 0 spiro atoms. The largest absolute Gasteiger partial charge is 0.480 e. The van der Waals surface area contributed by atoms with Crippen molar-refractivity contribution in [3.63, 3.8) is 0 Å². The molecule has 2 aromatic heterocycles. The number of amides is 1. The second-order valence-electron chi connectivity index (χ2n) is 6.60. The minimum absolute atomic E-state index is 0.0604. The number of aromatic amines is 1. The Morgan fingerprint density at radius 3 is 2.80 bits per heavy atom. The minimum Gasteiger partial charge on any atom is -0.480 e. The summed E-state index contributed by atoms with van der Waals surface area (Å²) < 4.78 is 7.00. The van der Waals surface area contributed by atoms with Crippen molar-refractivity contribution in [1.29, 1.82) is 0 Å². The number of guanidine groups is 1. The molecule has 0 unspecified atom stereocenters. The number of aliphatic imine (C=N–C) groups is 1. The Kier molecular flexibility index (Phi) is 8.59. The van der Waals surface area contributed by atoms with Gasteiger partial charge in [0.2, 0.25) is 5.52 Å². The molecule has 0 aliphatic carbocycles. The number of carboxylic acids is 1. The molecule has 2 aromatic rings. The Labute approximate surface area is 172 Å². The number of nitrogens with two attached hydrogens (primary N) is 3. The van der Waals surface area contributed by atoms with E-state index in [-0.39, 0.29) is 25.5 Å². The van der Waals surface area contributed by atoms with Crippen LogP contribution in [0.1, 0.15) is 32.1 Å². The first kappa shape index (κ1) is 22.6. The number of hydrogen-bond acceptors (Lipinski definition) is 7. The molecule has 0 bridgehead atoms. The van der Waals surface area contributed by atoms with E-state index in [0.29, 0.717) is 24.2 Å². The van der Waals surface area contributed by atoms with Crippen molar-refractivity contribution in [1.82, 2.24) is 20.3 Å². The lowest BCUT2D eigenvalue weighted by molar-refractivity contribution is -0.673. The molecule has 0 aliphatic heterocycles. The molecular weight excluding hydrogens is 394 g/mol. The van der Waals surface area contributed by atoms with Crippen molar-refractivity contribution in [2.75, 3.05) is 18.9 Å². The highest BCUT2D eigenvalue weighted by Gasteiger charge is 2.20. The Hall–Kier alpha value is -3.64. The van der Waals surface area contributed by atoms with Crippen molar-refractivity contribution in [3.8, 4) is 0 Å². The number of carbonyl (C=O) groups excluding carboxylic acids is 1. The summed E-state index contributed by atoms with van der Waals surface area (Å²) >= 11 is 0. The van der Waals surface area contributed by atoms with Crippen LogP contribution in [0.2, 0.25) is 0 Å². The smallest absolute Gasteiger partial charge is 0.407 e. The highest BCUT2D eigenvalue weighted by Crippen LogP contribution is 2.09. The van der Waals surface area contributed by atoms with E-state index in [4.69, 9.17) is 21.9 Å². The van der Waals surface area contributed by atoms with E-state index in [9.17, 15) is 14.7 Å². The summed E-state index contributed by atoms with van der Waals surface area (Å²) in [5.74, 6) is -0.805. The van der Waals surface area contributed by atoms with Crippen LogP contribution in [-0.4, -0.2) is 57.3 Å². The zero-order valence-corrected chi connectivity index (χ0v) is 16.6. The molecule has 0 saturated carbocycles. The predicted molar refractivity (Wildman–Crippen MR) is 108 cm³/mol. The van der Waals surface area contributed by atoms with Gasteiger partial charge in [-0.05, 0) is 32.1 Å². The number of unbranched alkanes of at least 4 members (excludes halogenated alkanes) is 2. The Balaban J connectivity index is 1.63. The summed E-state index contributed by atoms with van der Waals surface area (Å²) in [5, 5.41) is 11.5. The number of rotatable bonds is 12. The van der Waals surface area contributed by atoms with E-state index in [2.05, 4.69) is 25.3 Å². The van der Waals surface area contributed by atoms with Crippen LogP contribution >= 0.6 is 0 Å². The van der Waals surface area contributed by atoms with Gasteiger partial charge < -0.3 is 32.4 Å². The van der Waals surface area contributed by atoms with Crippen LogP contribution < -0.4 is 27.1 Å². The number of aliphatic carboxylic acids is 1. The quantitative estimate of drug-likeness (QED) is 0.109. The lowest BCUT2D eigenvalue weighted by Gasteiger charge is -2.14. The van der Waals surface area contributed by atoms with Crippen molar-refractivity contribution in [2.45, 2.75) is 44.7 Å². The Bertz CT molecular complexity index is 879. The van der Waals surface area contributed by atoms with E-state index >= 15 is 0 Å². The van der Waals surface area contributed by atoms with Gasteiger partial charge in [-0.2, -0.15) is 4.98 Å². The second-order valence-corrected chi connectivity index (χ2v) is 6.60. The van der Waals surface area contributed by atoms with Crippen molar-refractivity contribution >= 4 is 35.0 Å². The number of fused-ring (bicyclic) bond motifs is 1. The summed E-state index contributed by atoms with van der Waals surface area (Å²) in [7, 11) is 0. The van der Waals surface area contributed by atoms with Gasteiger partial charge in [-0.3, -0.25) is 9.98 Å². The number of aryl methyl sites for hydroxylation is 1. The molecule has 0 aromatic carbocycles. The Morgan fingerprint density at radius 2 is 2.07 bits per heavy atom. The highest BCUT2D eigenvalue weighted by atomic mass is 16.5. The molecule has 9 N–H and O–H groups in total. The highest BCUT2D eigenvalue weighted by molar-refractivity contribution is 5.80. The van der Waals surface area contributed by atoms with Gasteiger partial charge in [0.1, 0.15) is 6.04 Å². The summed E-state index contributed by atoms with van der Waals surface area (Å²) in [5.41, 5.74) is 17.6. The van der Waals surface area contributed by atoms with E-state index < -0.39 is 18.1 Å². The first-order valence-electron chi connectivity index (χ1n) is 9.57. The lowest BCUT2D eigenvalue weighted by Crippen LogP contribution is -2.41. The molecule has 13 nitrogen and oxygen atoms in total. The zero-order chi connectivity index (χ0) is 21.9. The normalized spacial score (nSPS) is 11.7. The third-order valence-corrected chi connectivity index (χ3v) is 4.31. The number of hydrogen-bond donors (Lipinski definition) is 6. The van der Waals surface area contributed by atoms with Crippen LogP contribution in [0.3, 0.4) is 0 Å². The maximum Gasteiger partial charge on any atom is 0.407 e. The van der Waals surface area contributed by atoms with E-state index in [1.54, 1.807) is 6.33 Å². The molecule has 13 heteroatoms. The van der Waals surface area contributed by atoms with Gasteiger partial charge in [0, 0.05) is 6.54 Å². The van der Waals surface area contributed by atoms with Gasteiger partial charge >= 0.3 is 17.7 Å². The third kappa shape index (κ3) is 7.07. The molecule has 0 radical (unpaired) electrons. The average Bonchev–Trinajstić information content (AvgIpc) is 3.11. The summed E-state index contributed by atoms with van der Waals surface area (Å²) in [6.07, 6.45) is 5.36. The number of ether oxygens (including phenoxy) is 1. The molecule has 0 saturated heterocycles. The first-order valence-corrected chi connectivity index (χ1v) is 9.57. The fraction of sp³-hybridized carbons (Fsp3) is 0.529. The molecule has 1 amide bonds. The van der Waals surface area contributed by atoms with Gasteiger partial charge in [-0.1, -0.05) is 4.98 Å². The second kappa shape index (κ2) is 11.4. The summed E-state index contributed by atoms with van der Waals surface area (Å²) in [4.78, 5) is 38.0. The van der Waals surface area contributed by atoms with Gasteiger partial charge in [0.25, 0.3) is 0 Å². The fourth-order valence-corrected chi connectivity index (χ4v) is 2.79. The number of carbonyl (C=O) groups is 2. The minimum atomic E-state index is -1.14. The standard InChI is InChI=1S/C17H27N9O4/c18-13-12-14(23-9-22-13)26(10-24-12)7-2-1-3-8-30-17(29)25-11(15(27)28)5-4-6-21-16(19)20/h9-11H,1-8H2,(H8,18,19,20,21,22,23,25,27,28,29)/p+1/t11-/m1/s1. The summed E-state index contributed by atoms with van der Waals surface area (Å²) in [6, 6.07) is -1.06. The monoisotopic (exact) mass is 422 g/mol. The molecule has 1 atom stereocenters. The molecule has 0 aliphatic rings. The lowest BCUT2D eigenvalue weighted by atomic mass is 10.1. The summed E-state index contributed by atoms with van der Waals surface area (Å²) in [6.45, 7) is 1.20. The van der Waals surface area contributed by atoms with Gasteiger partial charge in [0.05, 0.1) is 13.2 Å². The number of imidazole rings is 1. The zero-order valence-electron chi connectivity index (χ0n) is 16.6. The topological polar surface area (TPSA) is 211 Å². The van der Waals surface area contributed by atoms with E-state index in [1.165, 1.54) is 6.33 Å². The number of aromatic nitrogens is 4. The fourth-order valence-electron chi connectivity index (χ4n) is 2.79. The van der Waals surface area contributed by atoms with Crippen molar-refractivity contribution in [3.05, 3.63) is 12.7 Å². The van der Waals surface area contributed by atoms with Crippen LogP contribution in [0.5, 0.6) is 0 Å². The molecule has 2 heterocycles. The van der Waals surface area contributed by atoms with Crippen molar-refractivity contribution < 1.29 is 24.0 Å². The maximum atomic E-state index is 11.8. The van der Waals surface area contributed by atoms with Crippen LogP contribution in [0.15, 0.2) is 17.6 Å². The maximum absolute atomic E-state index is 11.8. The van der Waals surface area contributed by atoms with Crippen LogP contribution in [0.25, 0.3) is 11.2 Å². The van der Waals surface area contributed by atoms with Crippen molar-refractivity contribution in [2.24, 2.45) is 16.5 Å². The molecule has 30 heavy (non-hydrogen) atoms. The number of alkyl carbamates (subject to hydrolysis) is 1.